The third-order valence-electron chi connectivity index (χ3n) is 3.07. The average molecular weight is 295 g/mol. The van der Waals surface area contributed by atoms with Gasteiger partial charge in [-0.2, -0.15) is 5.10 Å². The van der Waals surface area contributed by atoms with Crippen molar-refractivity contribution in [2.75, 3.05) is 5.32 Å². The van der Waals surface area contributed by atoms with Crippen LogP contribution in [0.4, 0.5) is 5.69 Å². The third kappa shape index (κ3) is 4.28. The molecule has 0 saturated carbocycles. The van der Waals surface area contributed by atoms with Crippen LogP contribution in [0.2, 0.25) is 0 Å². The number of nitrogens with zero attached hydrogens (tertiary/aromatic N) is 1. The second-order valence-electron chi connectivity index (χ2n) is 4.88. The Morgan fingerprint density at radius 1 is 0.955 bits per heavy atom. The van der Waals surface area contributed by atoms with Gasteiger partial charge in [-0.3, -0.25) is 9.59 Å². The molecule has 5 nitrogen and oxygen atoms in total. The van der Waals surface area contributed by atoms with Gasteiger partial charge in [0.1, 0.15) is 0 Å². The fourth-order valence-corrected chi connectivity index (χ4v) is 1.77. The molecule has 2 aromatic rings. The summed E-state index contributed by atoms with van der Waals surface area (Å²) in [7, 11) is 0. The topological polar surface area (TPSA) is 70.6 Å². The number of carbonyl (C=O) groups is 2. The van der Waals surface area contributed by atoms with Gasteiger partial charge in [-0.05, 0) is 37.1 Å². The maximum absolute atomic E-state index is 11.7. The molecule has 0 spiro atoms. The van der Waals surface area contributed by atoms with E-state index in [-0.39, 0.29) is 0 Å². The standard InChI is InChI=1S/C17H17N3O2/c1-12-7-9-15(10-8-12)19-16(21)17(22)20-18-11-14-6-4-3-5-13(14)2/h3-11H,1-2H3,(H,19,21)(H,20,22). The minimum Gasteiger partial charge on any atom is -0.318 e. The Morgan fingerprint density at radius 3 is 2.32 bits per heavy atom. The molecular weight excluding hydrogens is 278 g/mol. The van der Waals surface area contributed by atoms with Gasteiger partial charge in [0.05, 0.1) is 6.21 Å². The van der Waals surface area contributed by atoms with E-state index in [1.807, 2.05) is 50.2 Å². The summed E-state index contributed by atoms with van der Waals surface area (Å²) in [5.41, 5.74) is 5.75. The van der Waals surface area contributed by atoms with Crippen molar-refractivity contribution in [3.8, 4) is 0 Å². The van der Waals surface area contributed by atoms with E-state index in [0.717, 1.165) is 16.7 Å². The molecule has 2 rings (SSSR count). The van der Waals surface area contributed by atoms with Gasteiger partial charge < -0.3 is 5.32 Å². The molecular formula is C17H17N3O2. The minimum atomic E-state index is -0.814. The van der Waals surface area contributed by atoms with Crippen LogP contribution in [0, 0.1) is 13.8 Å². The van der Waals surface area contributed by atoms with Crippen molar-refractivity contribution in [1.29, 1.82) is 0 Å². The molecule has 0 saturated heterocycles. The summed E-state index contributed by atoms with van der Waals surface area (Å²) in [5.74, 6) is -1.57. The lowest BCUT2D eigenvalue weighted by Crippen LogP contribution is -2.32. The van der Waals surface area contributed by atoms with Crippen LogP contribution >= 0.6 is 0 Å². The molecule has 2 aromatic carbocycles. The summed E-state index contributed by atoms with van der Waals surface area (Å²) in [5, 5.41) is 6.30. The fourth-order valence-electron chi connectivity index (χ4n) is 1.77. The number of aryl methyl sites for hydroxylation is 2. The number of carbonyl (C=O) groups excluding carboxylic acids is 2. The molecule has 112 valence electrons. The third-order valence-corrected chi connectivity index (χ3v) is 3.07. The molecule has 5 heteroatoms. The molecule has 0 unspecified atom stereocenters. The van der Waals surface area contributed by atoms with Gasteiger partial charge in [-0.15, -0.1) is 0 Å². The lowest BCUT2D eigenvalue weighted by atomic mass is 10.1. The quantitative estimate of drug-likeness (QED) is 0.518. The van der Waals surface area contributed by atoms with Gasteiger partial charge >= 0.3 is 11.8 Å². The zero-order valence-electron chi connectivity index (χ0n) is 12.5. The van der Waals surface area contributed by atoms with Crippen molar-refractivity contribution >= 4 is 23.7 Å². The molecule has 2 N–H and O–H groups in total. The van der Waals surface area contributed by atoms with Crippen molar-refractivity contribution < 1.29 is 9.59 Å². The first-order valence-electron chi connectivity index (χ1n) is 6.83. The Kier molecular flexibility index (Phi) is 5.03. The summed E-state index contributed by atoms with van der Waals surface area (Å²) in [6, 6.07) is 14.8. The number of nitrogens with one attached hydrogen (secondary N) is 2. The summed E-state index contributed by atoms with van der Waals surface area (Å²) >= 11 is 0. The normalized spacial score (nSPS) is 10.5. The van der Waals surface area contributed by atoms with Crippen molar-refractivity contribution in [2.45, 2.75) is 13.8 Å². The molecule has 0 aliphatic rings. The highest BCUT2D eigenvalue weighted by Crippen LogP contribution is 2.08. The highest BCUT2D eigenvalue weighted by molar-refractivity contribution is 6.39. The van der Waals surface area contributed by atoms with Crippen LogP contribution in [0.25, 0.3) is 0 Å². The zero-order chi connectivity index (χ0) is 15.9. The monoisotopic (exact) mass is 295 g/mol. The van der Waals surface area contributed by atoms with Crippen LogP contribution in [0.5, 0.6) is 0 Å². The highest BCUT2D eigenvalue weighted by atomic mass is 16.2. The lowest BCUT2D eigenvalue weighted by molar-refractivity contribution is -0.136. The smallest absolute Gasteiger partial charge is 0.318 e. The van der Waals surface area contributed by atoms with Crippen molar-refractivity contribution in [2.24, 2.45) is 5.10 Å². The average Bonchev–Trinajstić information content (AvgIpc) is 2.51. The van der Waals surface area contributed by atoms with Crippen LogP contribution in [0.1, 0.15) is 16.7 Å². The largest absolute Gasteiger partial charge is 0.329 e. The summed E-state index contributed by atoms with van der Waals surface area (Å²) < 4.78 is 0. The van der Waals surface area contributed by atoms with Gasteiger partial charge in [0, 0.05) is 5.69 Å². The minimum absolute atomic E-state index is 0.564. The molecule has 0 aromatic heterocycles. The van der Waals surface area contributed by atoms with Crippen LogP contribution in [0.3, 0.4) is 0 Å². The maximum Gasteiger partial charge on any atom is 0.329 e. The van der Waals surface area contributed by atoms with Crippen LogP contribution in [0.15, 0.2) is 53.6 Å². The van der Waals surface area contributed by atoms with Crippen molar-refractivity contribution in [3.63, 3.8) is 0 Å². The first-order chi connectivity index (χ1) is 10.6. The Morgan fingerprint density at radius 2 is 1.64 bits per heavy atom. The Labute approximate surface area is 129 Å². The summed E-state index contributed by atoms with van der Waals surface area (Å²) in [6.07, 6.45) is 1.51. The predicted molar refractivity (Wildman–Crippen MR) is 86.7 cm³/mol. The molecule has 0 aliphatic carbocycles. The highest BCUT2D eigenvalue weighted by Gasteiger charge is 2.12. The van der Waals surface area contributed by atoms with Crippen LogP contribution < -0.4 is 10.7 Å². The van der Waals surface area contributed by atoms with Gasteiger partial charge in [-0.1, -0.05) is 42.0 Å². The fraction of sp³-hybridized carbons (Fsp3) is 0.118. The Hall–Kier alpha value is -2.95. The zero-order valence-corrected chi connectivity index (χ0v) is 12.5. The molecule has 0 radical (unpaired) electrons. The molecule has 0 heterocycles. The van der Waals surface area contributed by atoms with Crippen LogP contribution in [-0.4, -0.2) is 18.0 Å². The van der Waals surface area contributed by atoms with Crippen molar-refractivity contribution in [1.82, 2.24) is 5.43 Å². The molecule has 22 heavy (non-hydrogen) atoms. The second-order valence-corrected chi connectivity index (χ2v) is 4.88. The van der Waals surface area contributed by atoms with E-state index in [4.69, 9.17) is 0 Å². The van der Waals surface area contributed by atoms with Gasteiger partial charge in [-0.25, -0.2) is 5.43 Å². The number of hydrazone groups is 1. The van der Waals surface area contributed by atoms with E-state index >= 15 is 0 Å². The molecule has 2 amide bonds. The first-order valence-corrected chi connectivity index (χ1v) is 6.83. The van der Waals surface area contributed by atoms with Gasteiger partial charge in [0.15, 0.2) is 0 Å². The molecule has 0 aliphatic heterocycles. The Bertz CT molecular complexity index is 706. The summed E-state index contributed by atoms with van der Waals surface area (Å²) in [6.45, 7) is 3.88. The number of rotatable bonds is 3. The van der Waals surface area contributed by atoms with E-state index in [1.54, 1.807) is 12.1 Å². The van der Waals surface area contributed by atoms with E-state index in [1.165, 1.54) is 6.21 Å². The van der Waals surface area contributed by atoms with Crippen molar-refractivity contribution in [3.05, 3.63) is 65.2 Å². The van der Waals surface area contributed by atoms with E-state index in [0.29, 0.717) is 5.69 Å². The summed E-state index contributed by atoms with van der Waals surface area (Å²) in [4.78, 5) is 23.4. The molecule has 0 fully saturated rings. The van der Waals surface area contributed by atoms with Gasteiger partial charge in [0.2, 0.25) is 0 Å². The predicted octanol–water partition coefficient (Wildman–Crippen LogP) is 2.39. The molecule has 0 atom stereocenters. The Balaban J connectivity index is 1.90. The number of benzene rings is 2. The lowest BCUT2D eigenvalue weighted by Gasteiger charge is -2.04. The van der Waals surface area contributed by atoms with E-state index in [2.05, 4.69) is 15.8 Å². The number of anilines is 1. The number of amides is 2. The number of hydrogen-bond acceptors (Lipinski definition) is 3. The maximum atomic E-state index is 11.7. The number of hydrogen-bond donors (Lipinski definition) is 2. The SMILES string of the molecule is Cc1ccc(NC(=O)C(=O)NN=Cc2ccccc2C)cc1. The molecule has 0 bridgehead atoms. The second kappa shape index (κ2) is 7.17. The van der Waals surface area contributed by atoms with Gasteiger partial charge in [0.25, 0.3) is 0 Å². The first kappa shape index (κ1) is 15.4. The van der Waals surface area contributed by atoms with Crippen LogP contribution in [-0.2, 0) is 9.59 Å². The van der Waals surface area contributed by atoms with E-state index < -0.39 is 11.8 Å². The van der Waals surface area contributed by atoms with E-state index in [9.17, 15) is 9.59 Å².